The second kappa shape index (κ2) is 4.19. The van der Waals surface area contributed by atoms with Gasteiger partial charge in [-0.1, -0.05) is 30.3 Å². The average Bonchev–Trinajstić information content (AvgIpc) is 3.21. The van der Waals surface area contributed by atoms with Gasteiger partial charge in [-0.05, 0) is 25.0 Å². The number of hydrogen-bond acceptors (Lipinski definition) is 3. The molecule has 2 aromatic rings. The van der Waals surface area contributed by atoms with Crippen LogP contribution in [0.25, 0.3) is 0 Å². The number of rotatable bonds is 3. The molecule has 0 amide bonds. The number of hydrogen-bond donors (Lipinski definition) is 2. The summed E-state index contributed by atoms with van der Waals surface area (Å²) >= 11 is 0. The Morgan fingerprint density at radius 1 is 0.947 bits per heavy atom. The van der Waals surface area contributed by atoms with Crippen LogP contribution >= 0.6 is 0 Å². The van der Waals surface area contributed by atoms with E-state index in [0.717, 1.165) is 24.0 Å². The first-order valence-electron chi connectivity index (χ1n) is 6.34. The lowest BCUT2D eigenvalue weighted by molar-refractivity contribution is 0.368. The average molecular weight is 256 g/mol. The van der Waals surface area contributed by atoms with E-state index in [1.165, 1.54) is 0 Å². The van der Waals surface area contributed by atoms with Crippen LogP contribution in [0.3, 0.4) is 0 Å². The molecule has 0 aromatic heterocycles. The van der Waals surface area contributed by atoms with Crippen molar-refractivity contribution in [3.63, 3.8) is 0 Å². The monoisotopic (exact) mass is 256 g/mol. The number of ether oxygens (including phenoxy) is 1. The van der Waals surface area contributed by atoms with Crippen molar-refractivity contribution in [1.82, 2.24) is 0 Å². The summed E-state index contributed by atoms with van der Waals surface area (Å²) in [4.78, 5) is 0. The molecule has 0 radical (unpaired) electrons. The number of phenolic OH excluding ortho intramolecular Hbond substituents is 2. The van der Waals surface area contributed by atoms with Gasteiger partial charge in [0, 0.05) is 16.5 Å². The summed E-state index contributed by atoms with van der Waals surface area (Å²) in [5.41, 5.74) is 1.43. The summed E-state index contributed by atoms with van der Waals surface area (Å²) in [5, 5.41) is 20.4. The van der Waals surface area contributed by atoms with E-state index in [1.807, 2.05) is 24.3 Å². The molecule has 2 N–H and O–H groups in total. The highest BCUT2D eigenvalue weighted by atomic mass is 16.5. The number of benzene rings is 2. The third kappa shape index (κ3) is 1.73. The molecule has 0 heterocycles. The molecule has 98 valence electrons. The van der Waals surface area contributed by atoms with Crippen LogP contribution in [0.15, 0.2) is 42.5 Å². The Kier molecular flexibility index (Phi) is 2.63. The van der Waals surface area contributed by atoms with E-state index >= 15 is 0 Å². The van der Waals surface area contributed by atoms with Crippen LogP contribution in [0.5, 0.6) is 17.2 Å². The normalized spacial score (nSPS) is 16.1. The van der Waals surface area contributed by atoms with Crippen LogP contribution in [0.2, 0.25) is 0 Å². The zero-order chi connectivity index (χ0) is 13.5. The first-order chi connectivity index (χ1) is 9.19. The molecule has 2 aromatic carbocycles. The molecule has 1 saturated carbocycles. The lowest BCUT2D eigenvalue weighted by Crippen LogP contribution is -2.09. The Hall–Kier alpha value is -2.16. The van der Waals surface area contributed by atoms with E-state index in [1.54, 1.807) is 25.3 Å². The Balaban J connectivity index is 2.15. The molecule has 1 aliphatic rings. The van der Waals surface area contributed by atoms with Gasteiger partial charge in [-0.25, -0.2) is 0 Å². The van der Waals surface area contributed by atoms with Gasteiger partial charge in [0.25, 0.3) is 0 Å². The standard InChI is InChI=1S/C16H16O3/c1-19-14-8-4-6-12(15(14)18)16(9-10-16)11-5-2-3-7-13(11)17/h2-8,17-18H,9-10H2,1H3. The largest absolute Gasteiger partial charge is 0.508 e. The minimum absolute atomic E-state index is 0.172. The first kappa shape index (κ1) is 11.9. The zero-order valence-electron chi connectivity index (χ0n) is 10.8. The van der Waals surface area contributed by atoms with Crippen LogP contribution in [0.1, 0.15) is 24.0 Å². The van der Waals surface area contributed by atoms with Gasteiger partial charge < -0.3 is 14.9 Å². The molecule has 0 spiro atoms. The van der Waals surface area contributed by atoms with Crippen LogP contribution in [0, 0.1) is 0 Å². The molecule has 3 heteroatoms. The second-order valence-electron chi connectivity index (χ2n) is 4.96. The third-order valence-electron chi connectivity index (χ3n) is 3.90. The van der Waals surface area contributed by atoms with Crippen LogP contribution in [0.4, 0.5) is 0 Å². The minimum atomic E-state index is -0.274. The summed E-state index contributed by atoms with van der Waals surface area (Å²) in [6, 6.07) is 12.8. The number of aromatic hydroxyl groups is 2. The fraction of sp³-hybridized carbons (Fsp3) is 0.250. The molecule has 19 heavy (non-hydrogen) atoms. The van der Waals surface area contributed by atoms with Gasteiger partial charge in [0.05, 0.1) is 7.11 Å². The zero-order valence-corrected chi connectivity index (χ0v) is 10.8. The maximum absolute atomic E-state index is 10.3. The Morgan fingerprint density at radius 3 is 2.26 bits per heavy atom. The first-order valence-corrected chi connectivity index (χ1v) is 6.34. The van der Waals surface area contributed by atoms with Crippen molar-refractivity contribution in [2.24, 2.45) is 0 Å². The lowest BCUT2D eigenvalue weighted by atomic mass is 9.86. The van der Waals surface area contributed by atoms with E-state index in [2.05, 4.69) is 0 Å². The van der Waals surface area contributed by atoms with Crippen molar-refractivity contribution >= 4 is 0 Å². The van der Waals surface area contributed by atoms with E-state index in [4.69, 9.17) is 4.74 Å². The predicted octanol–water partition coefficient (Wildman–Crippen LogP) is 3.19. The maximum Gasteiger partial charge on any atom is 0.161 e. The van der Waals surface area contributed by atoms with Gasteiger partial charge in [-0.3, -0.25) is 0 Å². The molecule has 1 aliphatic carbocycles. The summed E-state index contributed by atoms with van der Waals surface area (Å²) in [7, 11) is 1.54. The van der Waals surface area contributed by atoms with Crippen LogP contribution in [-0.2, 0) is 5.41 Å². The van der Waals surface area contributed by atoms with Crippen LogP contribution < -0.4 is 4.74 Å². The summed E-state index contributed by atoms with van der Waals surface area (Å²) in [6.07, 6.45) is 1.84. The van der Waals surface area contributed by atoms with E-state index < -0.39 is 0 Å². The van der Waals surface area contributed by atoms with Crippen molar-refractivity contribution in [1.29, 1.82) is 0 Å². The topological polar surface area (TPSA) is 49.7 Å². The van der Waals surface area contributed by atoms with Crippen molar-refractivity contribution in [2.75, 3.05) is 7.11 Å². The van der Waals surface area contributed by atoms with Crippen molar-refractivity contribution in [3.05, 3.63) is 53.6 Å². The molecule has 3 rings (SSSR count). The van der Waals surface area contributed by atoms with Gasteiger partial charge in [-0.15, -0.1) is 0 Å². The van der Waals surface area contributed by atoms with Gasteiger partial charge >= 0.3 is 0 Å². The molecule has 0 unspecified atom stereocenters. The second-order valence-corrected chi connectivity index (χ2v) is 4.96. The molecule has 3 nitrogen and oxygen atoms in total. The van der Waals surface area contributed by atoms with Crippen molar-refractivity contribution in [2.45, 2.75) is 18.3 Å². The van der Waals surface area contributed by atoms with Crippen molar-refractivity contribution in [3.8, 4) is 17.2 Å². The smallest absolute Gasteiger partial charge is 0.161 e. The Bertz CT molecular complexity index is 615. The Labute approximate surface area is 112 Å². The molecule has 0 saturated heterocycles. The van der Waals surface area contributed by atoms with E-state index in [9.17, 15) is 10.2 Å². The maximum atomic E-state index is 10.3. The fourth-order valence-electron chi connectivity index (χ4n) is 2.76. The van der Waals surface area contributed by atoms with Gasteiger partial charge in [0.1, 0.15) is 5.75 Å². The summed E-state index contributed by atoms with van der Waals surface area (Å²) in [5.74, 6) is 0.923. The number of para-hydroxylation sites is 2. The van der Waals surface area contributed by atoms with Gasteiger partial charge in [0.15, 0.2) is 11.5 Å². The SMILES string of the molecule is COc1cccc(C2(c3ccccc3O)CC2)c1O. The molecular formula is C16H16O3. The fourth-order valence-corrected chi connectivity index (χ4v) is 2.76. The number of phenols is 2. The molecule has 0 bridgehead atoms. The van der Waals surface area contributed by atoms with Crippen molar-refractivity contribution < 1.29 is 14.9 Å². The van der Waals surface area contributed by atoms with Gasteiger partial charge in [-0.2, -0.15) is 0 Å². The molecule has 0 aliphatic heterocycles. The summed E-state index contributed by atoms with van der Waals surface area (Å²) in [6.45, 7) is 0. The number of methoxy groups -OCH3 is 1. The molecular weight excluding hydrogens is 240 g/mol. The minimum Gasteiger partial charge on any atom is -0.508 e. The Morgan fingerprint density at radius 2 is 1.63 bits per heavy atom. The van der Waals surface area contributed by atoms with E-state index in [0.29, 0.717) is 5.75 Å². The summed E-state index contributed by atoms with van der Waals surface area (Å²) < 4.78 is 5.16. The lowest BCUT2D eigenvalue weighted by Gasteiger charge is -2.20. The highest BCUT2D eigenvalue weighted by molar-refractivity contribution is 5.58. The van der Waals surface area contributed by atoms with E-state index in [-0.39, 0.29) is 16.9 Å². The highest BCUT2D eigenvalue weighted by Crippen LogP contribution is 2.58. The molecule has 0 atom stereocenters. The quantitative estimate of drug-likeness (QED) is 0.886. The van der Waals surface area contributed by atoms with Gasteiger partial charge in [0.2, 0.25) is 0 Å². The third-order valence-corrected chi connectivity index (χ3v) is 3.90. The predicted molar refractivity (Wildman–Crippen MR) is 72.8 cm³/mol. The van der Waals surface area contributed by atoms with Crippen LogP contribution in [-0.4, -0.2) is 17.3 Å². The molecule has 1 fully saturated rings. The highest BCUT2D eigenvalue weighted by Gasteiger charge is 2.49.